The molecule has 4 nitrogen and oxygen atoms in total. The van der Waals surface area contributed by atoms with Crippen molar-refractivity contribution in [3.63, 3.8) is 0 Å². The van der Waals surface area contributed by atoms with Crippen LogP contribution in [0.1, 0.15) is 19.4 Å². The Balaban J connectivity index is 1.97. The molecule has 0 aliphatic carbocycles. The Morgan fingerprint density at radius 1 is 1.38 bits per heavy atom. The average Bonchev–Trinajstić information content (AvgIpc) is 2.43. The minimum Gasteiger partial charge on any atom is -0.483 e. The highest BCUT2D eigenvalue weighted by Crippen LogP contribution is 2.25. The van der Waals surface area contributed by atoms with Crippen molar-refractivity contribution in [2.24, 2.45) is 5.73 Å². The van der Waals surface area contributed by atoms with E-state index >= 15 is 0 Å². The first kappa shape index (κ1) is 16.1. The molecule has 1 aromatic carbocycles. The lowest BCUT2D eigenvalue weighted by Gasteiger charge is -2.34. The van der Waals surface area contributed by atoms with Gasteiger partial charge in [0.25, 0.3) is 5.91 Å². The zero-order valence-corrected chi connectivity index (χ0v) is 13.9. The molecule has 2 unspecified atom stereocenters. The van der Waals surface area contributed by atoms with E-state index in [1.165, 1.54) is 0 Å². The molecular formula is C15H20N2O2S2. The van der Waals surface area contributed by atoms with E-state index in [-0.39, 0.29) is 17.5 Å². The van der Waals surface area contributed by atoms with Crippen molar-refractivity contribution < 1.29 is 9.53 Å². The topological polar surface area (TPSA) is 55.6 Å². The lowest BCUT2D eigenvalue weighted by Crippen LogP contribution is -2.45. The monoisotopic (exact) mass is 324 g/mol. The Labute approximate surface area is 135 Å². The number of hydrogen-bond acceptors (Lipinski definition) is 4. The number of benzene rings is 1. The third-order valence-electron chi connectivity index (χ3n) is 3.28. The SMILES string of the molecule is CC1CN(C(=O)COc2ccccc2C(N)=S)CC(C)S1. The number of hydrogen-bond donors (Lipinski definition) is 1. The molecule has 1 amide bonds. The van der Waals surface area contributed by atoms with E-state index in [0.29, 0.717) is 21.8 Å². The van der Waals surface area contributed by atoms with Crippen molar-refractivity contribution in [3.05, 3.63) is 29.8 Å². The van der Waals surface area contributed by atoms with Gasteiger partial charge in [0, 0.05) is 23.6 Å². The van der Waals surface area contributed by atoms with Crippen LogP contribution in [0, 0.1) is 0 Å². The summed E-state index contributed by atoms with van der Waals surface area (Å²) in [6.45, 7) is 5.85. The number of nitrogens with zero attached hydrogens (tertiary/aromatic N) is 1. The molecule has 0 saturated carbocycles. The fourth-order valence-electron chi connectivity index (χ4n) is 2.41. The molecule has 0 radical (unpaired) electrons. The van der Waals surface area contributed by atoms with Gasteiger partial charge in [-0.15, -0.1) is 0 Å². The highest BCUT2D eigenvalue weighted by molar-refractivity contribution is 8.00. The van der Waals surface area contributed by atoms with E-state index < -0.39 is 0 Å². The van der Waals surface area contributed by atoms with Crippen LogP contribution in [0.4, 0.5) is 0 Å². The van der Waals surface area contributed by atoms with Gasteiger partial charge in [0.2, 0.25) is 0 Å². The Bertz CT molecular complexity index is 526. The second-order valence-corrected chi connectivity index (χ2v) is 7.53. The van der Waals surface area contributed by atoms with E-state index in [1.807, 2.05) is 28.8 Å². The normalized spacial score (nSPS) is 21.9. The largest absolute Gasteiger partial charge is 0.483 e. The first-order valence-electron chi connectivity index (χ1n) is 6.92. The molecule has 1 aliphatic heterocycles. The first-order chi connectivity index (χ1) is 9.97. The number of amides is 1. The fraction of sp³-hybridized carbons (Fsp3) is 0.467. The van der Waals surface area contributed by atoms with Crippen LogP contribution >= 0.6 is 24.0 Å². The van der Waals surface area contributed by atoms with E-state index in [9.17, 15) is 4.79 Å². The zero-order chi connectivity index (χ0) is 15.4. The predicted molar refractivity (Wildman–Crippen MR) is 90.9 cm³/mol. The Morgan fingerprint density at radius 2 is 2.00 bits per heavy atom. The van der Waals surface area contributed by atoms with Crippen LogP contribution in [0.3, 0.4) is 0 Å². The van der Waals surface area contributed by atoms with Crippen LogP contribution in [-0.4, -0.2) is 46.0 Å². The minimum atomic E-state index is 0.00624. The summed E-state index contributed by atoms with van der Waals surface area (Å²) in [5, 5.41) is 0.920. The number of carbonyl (C=O) groups excluding carboxylic acids is 1. The Kier molecular flexibility index (Phi) is 5.47. The van der Waals surface area contributed by atoms with Gasteiger partial charge >= 0.3 is 0 Å². The van der Waals surface area contributed by atoms with Crippen LogP contribution in [0.5, 0.6) is 5.75 Å². The average molecular weight is 324 g/mol. The van der Waals surface area contributed by atoms with Crippen molar-refractivity contribution in [3.8, 4) is 5.75 Å². The molecule has 1 fully saturated rings. The second-order valence-electron chi connectivity index (χ2n) is 5.21. The number of carbonyl (C=O) groups is 1. The zero-order valence-electron chi connectivity index (χ0n) is 12.2. The molecule has 6 heteroatoms. The van der Waals surface area contributed by atoms with Crippen molar-refractivity contribution in [2.45, 2.75) is 24.3 Å². The van der Waals surface area contributed by atoms with Crippen LogP contribution in [0.2, 0.25) is 0 Å². The number of ether oxygens (including phenoxy) is 1. The van der Waals surface area contributed by atoms with Gasteiger partial charge in [0.15, 0.2) is 6.61 Å². The summed E-state index contributed by atoms with van der Waals surface area (Å²) in [5.41, 5.74) is 6.32. The summed E-state index contributed by atoms with van der Waals surface area (Å²) in [6.07, 6.45) is 0. The third kappa shape index (κ3) is 4.35. The molecule has 1 saturated heterocycles. The molecule has 21 heavy (non-hydrogen) atoms. The van der Waals surface area contributed by atoms with E-state index in [1.54, 1.807) is 12.1 Å². The van der Waals surface area contributed by atoms with E-state index in [4.69, 9.17) is 22.7 Å². The van der Waals surface area contributed by atoms with Crippen molar-refractivity contribution in [1.29, 1.82) is 0 Å². The minimum absolute atomic E-state index is 0.00624. The van der Waals surface area contributed by atoms with Gasteiger partial charge in [0.05, 0.1) is 5.56 Å². The molecule has 2 rings (SSSR count). The van der Waals surface area contributed by atoms with Crippen LogP contribution in [0.15, 0.2) is 24.3 Å². The summed E-state index contributed by atoms with van der Waals surface area (Å²) in [6, 6.07) is 7.25. The van der Waals surface area contributed by atoms with Crippen molar-refractivity contribution in [2.75, 3.05) is 19.7 Å². The smallest absolute Gasteiger partial charge is 0.260 e. The molecule has 2 N–H and O–H groups in total. The predicted octanol–water partition coefficient (Wildman–Crippen LogP) is 2.05. The van der Waals surface area contributed by atoms with Gasteiger partial charge < -0.3 is 15.4 Å². The van der Waals surface area contributed by atoms with Gasteiger partial charge in [0.1, 0.15) is 10.7 Å². The number of rotatable bonds is 4. The summed E-state index contributed by atoms with van der Waals surface area (Å²) in [4.78, 5) is 14.4. The molecular weight excluding hydrogens is 304 g/mol. The Morgan fingerprint density at radius 3 is 2.62 bits per heavy atom. The summed E-state index contributed by atoms with van der Waals surface area (Å²) in [5.74, 6) is 0.567. The maximum Gasteiger partial charge on any atom is 0.260 e. The van der Waals surface area contributed by atoms with E-state index in [2.05, 4.69) is 13.8 Å². The summed E-state index contributed by atoms with van der Waals surface area (Å²) < 4.78 is 5.62. The summed E-state index contributed by atoms with van der Waals surface area (Å²) in [7, 11) is 0. The van der Waals surface area contributed by atoms with Crippen molar-refractivity contribution >= 4 is 34.9 Å². The number of para-hydroxylation sites is 1. The number of nitrogens with two attached hydrogens (primary N) is 1. The lowest BCUT2D eigenvalue weighted by molar-refractivity contribution is -0.133. The standard InChI is InChI=1S/C15H20N2O2S2/c1-10-7-17(8-11(2)21-10)14(18)9-19-13-6-4-3-5-12(13)15(16)20/h3-6,10-11H,7-9H2,1-2H3,(H2,16,20). The first-order valence-corrected chi connectivity index (χ1v) is 8.27. The molecule has 0 aromatic heterocycles. The van der Waals surface area contributed by atoms with Gasteiger partial charge in [-0.25, -0.2) is 0 Å². The molecule has 0 spiro atoms. The van der Waals surface area contributed by atoms with Gasteiger partial charge in [-0.1, -0.05) is 38.2 Å². The maximum absolute atomic E-state index is 12.3. The maximum atomic E-state index is 12.3. The lowest BCUT2D eigenvalue weighted by atomic mass is 10.2. The molecule has 2 atom stereocenters. The van der Waals surface area contributed by atoms with Crippen LogP contribution in [0.25, 0.3) is 0 Å². The number of thiocarbonyl (C=S) groups is 1. The fourth-order valence-corrected chi connectivity index (χ4v) is 3.90. The van der Waals surface area contributed by atoms with Crippen LogP contribution in [-0.2, 0) is 4.79 Å². The third-order valence-corrected chi connectivity index (χ3v) is 4.72. The van der Waals surface area contributed by atoms with E-state index in [0.717, 1.165) is 13.1 Å². The molecule has 1 heterocycles. The van der Waals surface area contributed by atoms with Gasteiger partial charge in [-0.3, -0.25) is 4.79 Å². The highest BCUT2D eigenvalue weighted by Gasteiger charge is 2.26. The Hall–Kier alpha value is -1.27. The number of thioether (sulfide) groups is 1. The van der Waals surface area contributed by atoms with Gasteiger partial charge in [-0.05, 0) is 12.1 Å². The molecule has 114 valence electrons. The molecule has 1 aromatic rings. The van der Waals surface area contributed by atoms with Crippen molar-refractivity contribution in [1.82, 2.24) is 4.90 Å². The second kappa shape index (κ2) is 7.13. The van der Waals surface area contributed by atoms with Crippen LogP contribution < -0.4 is 10.5 Å². The molecule has 0 bridgehead atoms. The molecule has 1 aliphatic rings. The van der Waals surface area contributed by atoms with Gasteiger partial charge in [-0.2, -0.15) is 11.8 Å². The highest BCUT2D eigenvalue weighted by atomic mass is 32.2. The quantitative estimate of drug-likeness (QED) is 0.859. The summed E-state index contributed by atoms with van der Waals surface area (Å²) >= 11 is 6.90.